The fraction of sp³-hybridized carbons (Fsp3) is 0.290. The lowest BCUT2D eigenvalue weighted by molar-refractivity contribution is -0.132. The lowest BCUT2D eigenvalue weighted by Crippen LogP contribution is -2.44. The first kappa shape index (κ1) is 26.9. The van der Waals surface area contributed by atoms with Gasteiger partial charge in [0.05, 0.1) is 7.11 Å². The molecule has 0 radical (unpaired) electrons. The molecule has 38 heavy (non-hydrogen) atoms. The second-order valence-electron chi connectivity index (χ2n) is 9.21. The summed E-state index contributed by atoms with van der Waals surface area (Å²) >= 11 is 0. The molecule has 1 N–H and O–H groups in total. The second kappa shape index (κ2) is 13.4. The van der Waals surface area contributed by atoms with Gasteiger partial charge in [0, 0.05) is 56.0 Å². The summed E-state index contributed by atoms with van der Waals surface area (Å²) in [6, 6.07) is 25.0. The molecule has 0 aliphatic carbocycles. The lowest BCUT2D eigenvalue weighted by atomic mass is 10.1. The maximum Gasteiger partial charge on any atom is 0.254 e. The number of rotatable bonds is 13. The third-order valence-electron chi connectivity index (χ3n) is 6.62. The van der Waals surface area contributed by atoms with Crippen molar-refractivity contribution in [1.82, 2.24) is 14.8 Å². The predicted octanol–water partition coefficient (Wildman–Crippen LogP) is 4.93. The van der Waals surface area contributed by atoms with Gasteiger partial charge in [-0.3, -0.25) is 9.59 Å². The molecule has 0 saturated carbocycles. The number of carbonyl (C=O) groups is 2. The largest absolute Gasteiger partial charge is 0.497 e. The molecule has 1 aromatic heterocycles. The van der Waals surface area contributed by atoms with E-state index in [1.807, 2.05) is 71.8 Å². The molecule has 2 amide bonds. The number of aromatic amines is 1. The summed E-state index contributed by atoms with van der Waals surface area (Å²) in [5.41, 5.74) is 3.80. The van der Waals surface area contributed by atoms with E-state index in [0.717, 1.165) is 27.8 Å². The molecule has 7 heteroatoms. The summed E-state index contributed by atoms with van der Waals surface area (Å²) in [6.07, 6.45) is 3.36. The maximum absolute atomic E-state index is 13.7. The van der Waals surface area contributed by atoms with Crippen LogP contribution >= 0.6 is 0 Å². The molecule has 7 nitrogen and oxygen atoms in total. The molecule has 0 spiro atoms. The van der Waals surface area contributed by atoms with E-state index in [-0.39, 0.29) is 18.4 Å². The van der Waals surface area contributed by atoms with Crippen LogP contribution in [0.3, 0.4) is 0 Å². The molecule has 4 aromatic rings. The number of aromatic nitrogens is 1. The Kier molecular flexibility index (Phi) is 9.54. The Morgan fingerprint density at radius 1 is 0.842 bits per heavy atom. The van der Waals surface area contributed by atoms with E-state index in [9.17, 15) is 9.59 Å². The molecule has 0 bridgehead atoms. The van der Waals surface area contributed by atoms with E-state index in [1.54, 1.807) is 31.3 Å². The molecule has 0 atom stereocenters. The summed E-state index contributed by atoms with van der Waals surface area (Å²) in [7, 11) is 3.27. The zero-order chi connectivity index (χ0) is 26.7. The molecule has 0 aliphatic rings. The summed E-state index contributed by atoms with van der Waals surface area (Å²) in [5, 5.41) is 1.16. The Morgan fingerprint density at radius 2 is 1.58 bits per heavy atom. The Bertz CT molecular complexity index is 1320. The van der Waals surface area contributed by atoms with Gasteiger partial charge in [-0.25, -0.2) is 0 Å². The number of methoxy groups -OCH3 is 2. The highest BCUT2D eigenvalue weighted by Crippen LogP contribution is 2.20. The van der Waals surface area contributed by atoms with Crippen molar-refractivity contribution in [2.24, 2.45) is 0 Å². The van der Waals surface area contributed by atoms with Crippen molar-refractivity contribution in [3.8, 4) is 5.75 Å². The van der Waals surface area contributed by atoms with Crippen LogP contribution in [0, 0.1) is 0 Å². The molecule has 4 rings (SSSR count). The molecule has 0 unspecified atom stereocenters. The second-order valence-corrected chi connectivity index (χ2v) is 9.21. The van der Waals surface area contributed by atoms with Crippen LogP contribution in [0.25, 0.3) is 10.9 Å². The van der Waals surface area contributed by atoms with Gasteiger partial charge in [0.2, 0.25) is 5.91 Å². The Hall–Kier alpha value is -4.10. The monoisotopic (exact) mass is 513 g/mol. The number of carbonyl (C=O) groups excluding carboxylic acids is 2. The van der Waals surface area contributed by atoms with E-state index in [0.29, 0.717) is 44.6 Å². The number of para-hydroxylation sites is 1. The van der Waals surface area contributed by atoms with E-state index in [4.69, 9.17) is 9.47 Å². The van der Waals surface area contributed by atoms with E-state index in [2.05, 4.69) is 11.1 Å². The normalized spacial score (nSPS) is 10.9. The maximum atomic E-state index is 13.7. The molecular weight excluding hydrogens is 478 g/mol. The fourth-order valence-corrected chi connectivity index (χ4v) is 4.52. The Balaban J connectivity index is 1.53. The smallest absolute Gasteiger partial charge is 0.254 e. The number of hydrogen-bond acceptors (Lipinski definition) is 4. The first-order chi connectivity index (χ1) is 18.6. The van der Waals surface area contributed by atoms with Crippen LogP contribution in [0.5, 0.6) is 5.75 Å². The van der Waals surface area contributed by atoms with E-state index >= 15 is 0 Å². The zero-order valence-electron chi connectivity index (χ0n) is 22.1. The topological polar surface area (TPSA) is 74.9 Å². The standard InChI is InChI=1S/C31H35N3O4/c1-37-20-8-18-34(31(36)25-9-4-3-5-10-25)23-30(35)33(22-24-13-15-27(38-2)16-14-24)19-17-26-21-32-29-12-7-6-11-28(26)29/h3-7,9-16,21,32H,8,17-20,22-23H2,1-2H3. The van der Waals surface area contributed by atoms with Gasteiger partial charge in [-0.05, 0) is 54.3 Å². The zero-order valence-corrected chi connectivity index (χ0v) is 22.1. The first-order valence-corrected chi connectivity index (χ1v) is 12.9. The third-order valence-corrected chi connectivity index (χ3v) is 6.62. The van der Waals surface area contributed by atoms with Gasteiger partial charge in [0.25, 0.3) is 5.91 Å². The van der Waals surface area contributed by atoms with Crippen LogP contribution in [0.4, 0.5) is 0 Å². The van der Waals surface area contributed by atoms with Crippen molar-refractivity contribution in [3.63, 3.8) is 0 Å². The summed E-state index contributed by atoms with van der Waals surface area (Å²) in [5.74, 6) is 0.515. The highest BCUT2D eigenvalue weighted by atomic mass is 16.5. The van der Waals surface area contributed by atoms with Gasteiger partial charge < -0.3 is 24.3 Å². The van der Waals surface area contributed by atoms with Gasteiger partial charge in [-0.15, -0.1) is 0 Å². The first-order valence-electron chi connectivity index (χ1n) is 12.9. The summed E-state index contributed by atoms with van der Waals surface area (Å²) in [4.78, 5) is 33.8. The van der Waals surface area contributed by atoms with Crippen molar-refractivity contribution in [2.45, 2.75) is 19.4 Å². The Morgan fingerprint density at radius 3 is 2.32 bits per heavy atom. The van der Waals surface area contributed by atoms with Crippen LogP contribution in [0.15, 0.2) is 85.1 Å². The van der Waals surface area contributed by atoms with E-state index < -0.39 is 0 Å². The van der Waals surface area contributed by atoms with Crippen molar-refractivity contribution in [3.05, 3.63) is 102 Å². The summed E-state index contributed by atoms with van der Waals surface area (Å²) in [6.45, 7) is 1.92. The van der Waals surface area contributed by atoms with Crippen molar-refractivity contribution >= 4 is 22.7 Å². The van der Waals surface area contributed by atoms with Crippen LogP contribution in [0.1, 0.15) is 27.9 Å². The average molecular weight is 514 g/mol. The minimum atomic E-state index is -0.156. The van der Waals surface area contributed by atoms with Crippen LogP contribution in [0.2, 0.25) is 0 Å². The quantitative estimate of drug-likeness (QED) is 0.257. The molecule has 3 aromatic carbocycles. The van der Waals surface area contributed by atoms with Gasteiger partial charge >= 0.3 is 0 Å². The molecule has 0 aliphatic heterocycles. The minimum absolute atomic E-state index is 0.00147. The SMILES string of the molecule is COCCCN(CC(=O)N(CCc1c[nH]c2ccccc12)Cc1ccc(OC)cc1)C(=O)c1ccccc1. The minimum Gasteiger partial charge on any atom is -0.497 e. The molecule has 0 saturated heterocycles. The van der Waals surface area contributed by atoms with Gasteiger partial charge in [0.1, 0.15) is 12.3 Å². The van der Waals surface area contributed by atoms with Crippen LogP contribution in [-0.4, -0.2) is 67.1 Å². The number of amides is 2. The average Bonchev–Trinajstić information content (AvgIpc) is 3.38. The number of fused-ring (bicyclic) bond motifs is 1. The Labute approximate surface area is 224 Å². The number of ether oxygens (including phenoxy) is 2. The van der Waals surface area contributed by atoms with Crippen LogP contribution < -0.4 is 4.74 Å². The summed E-state index contributed by atoms with van der Waals surface area (Å²) < 4.78 is 10.5. The molecular formula is C31H35N3O4. The highest BCUT2D eigenvalue weighted by molar-refractivity contribution is 5.96. The number of hydrogen-bond donors (Lipinski definition) is 1. The highest BCUT2D eigenvalue weighted by Gasteiger charge is 2.23. The fourth-order valence-electron chi connectivity index (χ4n) is 4.52. The van der Waals surface area contributed by atoms with E-state index in [1.165, 1.54) is 0 Å². The number of H-pyrrole nitrogens is 1. The van der Waals surface area contributed by atoms with Gasteiger partial charge in [-0.1, -0.05) is 48.5 Å². The number of benzene rings is 3. The molecule has 198 valence electrons. The lowest BCUT2D eigenvalue weighted by Gasteiger charge is -2.28. The van der Waals surface area contributed by atoms with Crippen molar-refractivity contribution in [2.75, 3.05) is 40.5 Å². The third kappa shape index (κ3) is 7.01. The molecule has 1 heterocycles. The predicted molar refractivity (Wildman–Crippen MR) is 149 cm³/mol. The van der Waals surface area contributed by atoms with Gasteiger partial charge in [0.15, 0.2) is 0 Å². The van der Waals surface area contributed by atoms with Gasteiger partial charge in [-0.2, -0.15) is 0 Å². The van der Waals surface area contributed by atoms with Crippen molar-refractivity contribution in [1.29, 1.82) is 0 Å². The molecule has 0 fully saturated rings. The van der Waals surface area contributed by atoms with Crippen molar-refractivity contribution < 1.29 is 19.1 Å². The van der Waals surface area contributed by atoms with Crippen LogP contribution in [-0.2, 0) is 22.5 Å². The number of nitrogens with one attached hydrogen (secondary N) is 1. The number of nitrogens with zero attached hydrogens (tertiary/aromatic N) is 2.